The van der Waals surface area contributed by atoms with E-state index in [1.165, 1.54) is 10.9 Å². The lowest BCUT2D eigenvalue weighted by molar-refractivity contribution is -0.172. The van der Waals surface area contributed by atoms with Crippen LogP contribution in [0.25, 0.3) is 0 Å². The first-order chi connectivity index (χ1) is 9.85. The van der Waals surface area contributed by atoms with Crippen molar-refractivity contribution < 1.29 is 17.9 Å². The van der Waals surface area contributed by atoms with E-state index in [1.54, 1.807) is 0 Å². The van der Waals surface area contributed by atoms with Crippen LogP contribution in [0.5, 0.6) is 0 Å². The summed E-state index contributed by atoms with van der Waals surface area (Å²) in [5, 5.41) is 6.64. The second-order valence-corrected chi connectivity index (χ2v) is 4.73. The molecule has 5 nitrogen and oxygen atoms in total. The molecular weight excluding hydrogens is 311 g/mol. The second-order valence-electron chi connectivity index (χ2n) is 4.35. The van der Waals surface area contributed by atoms with Gasteiger partial charge >= 0.3 is 6.18 Å². The Bertz CT molecular complexity index is 506. The summed E-state index contributed by atoms with van der Waals surface area (Å²) in [4.78, 5) is 11.9. The van der Waals surface area contributed by atoms with Crippen LogP contribution < -0.4 is 10.9 Å². The lowest BCUT2D eigenvalue weighted by Gasteiger charge is -2.11. The number of rotatable bonds is 8. The molecule has 0 atom stereocenters. The summed E-state index contributed by atoms with van der Waals surface area (Å²) >= 11 is 5.91. The van der Waals surface area contributed by atoms with Crippen LogP contribution in [-0.2, 0) is 11.3 Å². The molecule has 1 rings (SSSR count). The van der Waals surface area contributed by atoms with Crippen LogP contribution >= 0.6 is 11.6 Å². The molecular formula is C12H17ClF3N3O2. The van der Waals surface area contributed by atoms with Crippen molar-refractivity contribution in [3.8, 4) is 0 Å². The van der Waals surface area contributed by atoms with Crippen molar-refractivity contribution in [3.05, 3.63) is 21.6 Å². The van der Waals surface area contributed by atoms with Crippen LogP contribution in [0.3, 0.4) is 0 Å². The number of hydrogen-bond acceptors (Lipinski definition) is 4. The summed E-state index contributed by atoms with van der Waals surface area (Å²) in [6, 6.07) is 0. The van der Waals surface area contributed by atoms with Gasteiger partial charge in [-0.1, -0.05) is 24.9 Å². The second kappa shape index (κ2) is 8.23. The number of alkyl halides is 3. The molecule has 1 heterocycles. The van der Waals surface area contributed by atoms with Crippen molar-refractivity contribution in [1.82, 2.24) is 9.78 Å². The molecule has 1 N–H and O–H groups in total. The fraction of sp³-hybridized carbons (Fsp3) is 0.667. The van der Waals surface area contributed by atoms with E-state index in [9.17, 15) is 18.0 Å². The number of unbranched alkanes of at least 4 members (excludes halogenated alkanes) is 1. The van der Waals surface area contributed by atoms with Gasteiger partial charge in [0.25, 0.3) is 5.56 Å². The van der Waals surface area contributed by atoms with E-state index in [2.05, 4.69) is 15.2 Å². The zero-order chi connectivity index (χ0) is 15.9. The average Bonchev–Trinajstić information content (AvgIpc) is 2.41. The van der Waals surface area contributed by atoms with Gasteiger partial charge in [0, 0.05) is 13.1 Å². The maximum Gasteiger partial charge on any atom is 0.411 e. The van der Waals surface area contributed by atoms with Gasteiger partial charge in [0.2, 0.25) is 0 Å². The highest BCUT2D eigenvalue weighted by molar-refractivity contribution is 6.32. The van der Waals surface area contributed by atoms with Gasteiger partial charge in [-0.2, -0.15) is 18.3 Å². The van der Waals surface area contributed by atoms with E-state index in [0.717, 1.165) is 12.8 Å². The minimum atomic E-state index is -4.35. The Labute approximate surface area is 125 Å². The summed E-state index contributed by atoms with van der Waals surface area (Å²) in [5.41, 5.74) is -0.142. The summed E-state index contributed by atoms with van der Waals surface area (Å²) in [6.07, 6.45) is -1.24. The predicted octanol–water partition coefficient (Wildman–Crippen LogP) is 2.69. The van der Waals surface area contributed by atoms with Crippen molar-refractivity contribution in [2.45, 2.75) is 32.5 Å². The fourth-order valence-corrected chi connectivity index (χ4v) is 1.71. The molecule has 1 aromatic rings. The van der Waals surface area contributed by atoms with Gasteiger partial charge < -0.3 is 10.1 Å². The molecule has 0 aliphatic carbocycles. The third kappa shape index (κ3) is 6.34. The van der Waals surface area contributed by atoms with Gasteiger partial charge in [0.1, 0.15) is 11.6 Å². The normalized spacial score (nSPS) is 11.7. The standard InChI is InChI=1S/C12H17ClF3N3O2/c1-2-3-5-19-11(20)10(13)9(7-18-19)17-4-6-21-8-12(14,15)16/h7,17H,2-6,8H2,1H3. The van der Waals surface area contributed by atoms with E-state index in [1.807, 2.05) is 6.92 Å². The number of aromatic nitrogens is 2. The highest BCUT2D eigenvalue weighted by atomic mass is 35.5. The van der Waals surface area contributed by atoms with Gasteiger partial charge in [-0.05, 0) is 6.42 Å². The molecule has 0 bridgehead atoms. The molecule has 0 saturated carbocycles. The van der Waals surface area contributed by atoms with E-state index in [4.69, 9.17) is 11.6 Å². The Hall–Kier alpha value is -1.28. The Morgan fingerprint density at radius 1 is 1.48 bits per heavy atom. The minimum Gasteiger partial charge on any atom is -0.380 e. The average molecular weight is 328 g/mol. The number of halogens is 4. The molecule has 0 fully saturated rings. The highest BCUT2D eigenvalue weighted by Gasteiger charge is 2.27. The number of aryl methyl sites for hydroxylation is 1. The van der Waals surface area contributed by atoms with Crippen molar-refractivity contribution in [2.75, 3.05) is 25.1 Å². The number of anilines is 1. The number of nitrogens with one attached hydrogen (secondary N) is 1. The number of hydrogen-bond donors (Lipinski definition) is 1. The van der Waals surface area contributed by atoms with E-state index < -0.39 is 18.3 Å². The van der Waals surface area contributed by atoms with E-state index >= 15 is 0 Å². The Kier molecular flexibility index (Phi) is 6.97. The third-order valence-electron chi connectivity index (χ3n) is 2.54. The van der Waals surface area contributed by atoms with Gasteiger partial charge in [0.05, 0.1) is 18.5 Å². The number of ether oxygens (including phenoxy) is 1. The monoisotopic (exact) mass is 327 g/mol. The third-order valence-corrected chi connectivity index (χ3v) is 2.90. The molecule has 0 saturated heterocycles. The fourth-order valence-electron chi connectivity index (χ4n) is 1.50. The summed E-state index contributed by atoms with van der Waals surface area (Å²) in [5.74, 6) is 0. The van der Waals surface area contributed by atoms with Gasteiger partial charge in [-0.15, -0.1) is 0 Å². The van der Waals surface area contributed by atoms with Crippen LogP contribution in [0.1, 0.15) is 19.8 Å². The maximum atomic E-state index is 11.9. The molecule has 0 unspecified atom stereocenters. The van der Waals surface area contributed by atoms with Crippen molar-refractivity contribution >= 4 is 17.3 Å². The molecule has 0 spiro atoms. The molecule has 21 heavy (non-hydrogen) atoms. The summed E-state index contributed by atoms with van der Waals surface area (Å²) in [6.45, 7) is 1.09. The largest absolute Gasteiger partial charge is 0.411 e. The molecule has 0 aliphatic rings. The summed E-state index contributed by atoms with van der Waals surface area (Å²) in [7, 11) is 0. The molecule has 0 aromatic carbocycles. The molecule has 0 radical (unpaired) electrons. The lowest BCUT2D eigenvalue weighted by atomic mass is 10.3. The Morgan fingerprint density at radius 2 is 2.19 bits per heavy atom. The van der Waals surface area contributed by atoms with Crippen molar-refractivity contribution in [3.63, 3.8) is 0 Å². The molecule has 0 aliphatic heterocycles. The molecule has 0 amide bonds. The predicted molar refractivity (Wildman–Crippen MR) is 73.8 cm³/mol. The Balaban J connectivity index is 2.49. The van der Waals surface area contributed by atoms with Crippen molar-refractivity contribution in [1.29, 1.82) is 0 Å². The van der Waals surface area contributed by atoms with Crippen LogP contribution in [0, 0.1) is 0 Å². The zero-order valence-electron chi connectivity index (χ0n) is 11.5. The van der Waals surface area contributed by atoms with Crippen LogP contribution in [0.4, 0.5) is 18.9 Å². The summed E-state index contributed by atoms with van der Waals surface area (Å²) < 4.78 is 41.2. The first-order valence-corrected chi connectivity index (χ1v) is 6.87. The topological polar surface area (TPSA) is 56.1 Å². The molecule has 120 valence electrons. The van der Waals surface area contributed by atoms with E-state index in [0.29, 0.717) is 6.54 Å². The molecule has 1 aromatic heterocycles. The zero-order valence-corrected chi connectivity index (χ0v) is 12.3. The first kappa shape index (κ1) is 17.8. The van der Waals surface area contributed by atoms with Crippen molar-refractivity contribution in [2.24, 2.45) is 0 Å². The highest BCUT2D eigenvalue weighted by Crippen LogP contribution is 2.16. The SMILES string of the molecule is CCCCn1ncc(NCCOCC(F)(F)F)c(Cl)c1=O. The minimum absolute atomic E-state index is 0.0306. The molecule has 9 heteroatoms. The van der Waals surface area contributed by atoms with Gasteiger partial charge in [0.15, 0.2) is 0 Å². The smallest absolute Gasteiger partial charge is 0.380 e. The van der Waals surface area contributed by atoms with Gasteiger partial charge in [-0.3, -0.25) is 4.79 Å². The van der Waals surface area contributed by atoms with Crippen LogP contribution in [-0.4, -0.2) is 35.7 Å². The van der Waals surface area contributed by atoms with Gasteiger partial charge in [-0.25, -0.2) is 4.68 Å². The van der Waals surface area contributed by atoms with E-state index in [-0.39, 0.29) is 23.9 Å². The lowest BCUT2D eigenvalue weighted by Crippen LogP contribution is -2.25. The maximum absolute atomic E-state index is 11.9. The first-order valence-electron chi connectivity index (χ1n) is 6.49. The Morgan fingerprint density at radius 3 is 2.81 bits per heavy atom. The quantitative estimate of drug-likeness (QED) is 0.746. The number of nitrogens with zero attached hydrogens (tertiary/aromatic N) is 2. The van der Waals surface area contributed by atoms with Crippen LogP contribution in [0.15, 0.2) is 11.0 Å². The van der Waals surface area contributed by atoms with Crippen LogP contribution in [0.2, 0.25) is 5.02 Å².